The van der Waals surface area contributed by atoms with E-state index in [2.05, 4.69) is 17.1 Å². The summed E-state index contributed by atoms with van der Waals surface area (Å²) in [4.78, 5) is 22.2. The van der Waals surface area contributed by atoms with Crippen molar-refractivity contribution < 1.29 is 19.4 Å². The van der Waals surface area contributed by atoms with Crippen LogP contribution in [-0.2, 0) is 5.60 Å². The summed E-state index contributed by atoms with van der Waals surface area (Å²) in [6, 6.07) is 10.7. The van der Waals surface area contributed by atoms with Crippen molar-refractivity contribution in [1.82, 2.24) is 10.3 Å². The van der Waals surface area contributed by atoms with Crippen LogP contribution >= 0.6 is 0 Å². The number of amides is 1. The predicted octanol–water partition coefficient (Wildman–Crippen LogP) is 3.83. The van der Waals surface area contributed by atoms with Gasteiger partial charge in [0, 0.05) is 31.7 Å². The van der Waals surface area contributed by atoms with Crippen LogP contribution in [0.15, 0.2) is 36.4 Å². The van der Waals surface area contributed by atoms with Crippen molar-refractivity contribution in [3.63, 3.8) is 0 Å². The first kappa shape index (κ1) is 25.6. The Morgan fingerprint density at radius 2 is 1.87 bits per heavy atom. The number of halogens is 1. The molecule has 3 atom stereocenters. The third-order valence-electron chi connectivity index (χ3n) is 9.42. The summed E-state index contributed by atoms with van der Waals surface area (Å²) >= 11 is 0. The lowest BCUT2D eigenvalue weighted by molar-refractivity contribution is -0.136. The third-order valence-corrected chi connectivity index (χ3v) is 9.42. The summed E-state index contributed by atoms with van der Waals surface area (Å²) < 4.78 is 14.9. The molecule has 5 fully saturated rings. The molecule has 4 bridgehead atoms. The molecule has 5 aliphatic rings. The molecule has 8 heteroatoms. The summed E-state index contributed by atoms with van der Waals surface area (Å²) in [5.74, 6) is 1.58. The van der Waals surface area contributed by atoms with Crippen LogP contribution in [0.3, 0.4) is 0 Å². The van der Waals surface area contributed by atoms with Crippen molar-refractivity contribution >= 4 is 17.4 Å². The van der Waals surface area contributed by atoms with E-state index < -0.39 is 11.2 Å². The van der Waals surface area contributed by atoms with Crippen molar-refractivity contribution in [1.29, 1.82) is 0 Å². The zero-order valence-electron chi connectivity index (χ0n) is 22.5. The molecule has 4 aliphatic carbocycles. The Morgan fingerprint density at radius 3 is 2.50 bits per heavy atom. The average Bonchev–Trinajstić information content (AvgIpc) is 2.84. The van der Waals surface area contributed by atoms with Crippen LogP contribution in [-0.4, -0.2) is 58.4 Å². The third kappa shape index (κ3) is 4.66. The van der Waals surface area contributed by atoms with Gasteiger partial charge < -0.3 is 25.3 Å². The van der Waals surface area contributed by atoms with Gasteiger partial charge >= 0.3 is 0 Å². The fourth-order valence-electron chi connectivity index (χ4n) is 7.81. The van der Waals surface area contributed by atoms with Gasteiger partial charge in [0.05, 0.1) is 16.9 Å². The summed E-state index contributed by atoms with van der Waals surface area (Å²) in [5, 5.41) is 24.4. The van der Waals surface area contributed by atoms with Crippen LogP contribution in [0.5, 0.6) is 0 Å². The van der Waals surface area contributed by atoms with E-state index in [1.165, 1.54) is 6.07 Å². The number of nitrogens with one attached hydrogen (secondary N) is 1. The maximum Gasteiger partial charge on any atom is 0.270 e. The normalized spacial score (nSPS) is 32.5. The first-order chi connectivity index (χ1) is 18.0. The molecule has 1 saturated heterocycles. The Morgan fingerprint density at radius 1 is 1.13 bits per heavy atom. The summed E-state index contributed by atoms with van der Waals surface area (Å²) in [5.41, 5.74) is -0.113. The minimum Gasteiger partial charge on any atom is -0.390 e. The van der Waals surface area contributed by atoms with E-state index in [4.69, 9.17) is 4.98 Å². The van der Waals surface area contributed by atoms with Crippen LogP contribution in [0, 0.1) is 23.6 Å². The quantitative estimate of drug-likeness (QED) is 0.553. The molecule has 38 heavy (non-hydrogen) atoms. The first-order valence-corrected chi connectivity index (χ1v) is 14.0. The molecule has 1 amide bonds. The van der Waals surface area contributed by atoms with Gasteiger partial charge in [-0.1, -0.05) is 12.1 Å². The average molecular weight is 523 g/mol. The standard InChI is InChI=1S/C30H39FN4O3/c1-18-17-34(25-8-7-22(13-23(25)31)29(2,3)37)9-10-35(18)26-6-4-5-24(32-26)28(36)33-27-20-11-19-12-21(27)16-30(38,14-19)15-20/h4-8,13,18-21,27,37-38H,9-12,14-17H2,1-3H3,(H,33,36)/t18-,19?,20?,21?,27-,30-/m1/s1. The summed E-state index contributed by atoms with van der Waals surface area (Å²) in [6.45, 7) is 7.28. The summed E-state index contributed by atoms with van der Waals surface area (Å²) in [7, 11) is 0. The zero-order chi connectivity index (χ0) is 26.8. The number of aromatic nitrogens is 1. The molecular weight excluding hydrogens is 483 g/mol. The molecule has 0 spiro atoms. The van der Waals surface area contributed by atoms with Crippen molar-refractivity contribution in [2.45, 2.75) is 76.2 Å². The number of carbonyl (C=O) groups excluding carboxylic acids is 1. The van der Waals surface area contributed by atoms with Gasteiger partial charge in [0.1, 0.15) is 17.3 Å². The fraction of sp³-hybridized carbons (Fsp3) is 0.600. The van der Waals surface area contributed by atoms with Crippen molar-refractivity contribution in [3.05, 3.63) is 53.5 Å². The second kappa shape index (κ2) is 9.19. The number of nitrogens with zero attached hydrogens (tertiary/aromatic N) is 3. The Labute approximate surface area is 224 Å². The lowest BCUT2D eigenvalue weighted by Gasteiger charge is -2.58. The number of benzene rings is 1. The van der Waals surface area contributed by atoms with Gasteiger partial charge in [-0.2, -0.15) is 0 Å². The molecule has 2 unspecified atom stereocenters. The highest BCUT2D eigenvalue weighted by atomic mass is 19.1. The first-order valence-electron chi connectivity index (χ1n) is 14.0. The van der Waals surface area contributed by atoms with Gasteiger partial charge in [-0.3, -0.25) is 4.79 Å². The van der Waals surface area contributed by atoms with E-state index in [0.717, 1.165) is 37.9 Å². The monoisotopic (exact) mass is 522 g/mol. The van der Waals surface area contributed by atoms with Crippen LogP contribution in [0.4, 0.5) is 15.9 Å². The van der Waals surface area contributed by atoms with E-state index in [1.807, 2.05) is 17.0 Å². The molecule has 4 saturated carbocycles. The second-order valence-corrected chi connectivity index (χ2v) is 12.8. The topological polar surface area (TPSA) is 88.9 Å². The molecule has 1 aliphatic heterocycles. The van der Waals surface area contributed by atoms with Crippen molar-refractivity contribution in [2.24, 2.45) is 17.8 Å². The van der Waals surface area contributed by atoms with E-state index >= 15 is 0 Å². The number of aliphatic hydroxyl groups is 2. The van der Waals surface area contributed by atoms with E-state index in [0.29, 0.717) is 54.3 Å². The maximum absolute atomic E-state index is 14.9. The zero-order valence-corrected chi connectivity index (χ0v) is 22.5. The number of anilines is 2. The van der Waals surface area contributed by atoms with E-state index in [1.54, 1.807) is 32.0 Å². The van der Waals surface area contributed by atoms with Gasteiger partial charge in [0.25, 0.3) is 5.91 Å². The summed E-state index contributed by atoms with van der Waals surface area (Å²) in [6.07, 6.45) is 4.71. The van der Waals surface area contributed by atoms with Crippen molar-refractivity contribution in [2.75, 3.05) is 29.4 Å². The van der Waals surface area contributed by atoms with Crippen LogP contribution in [0.25, 0.3) is 0 Å². The van der Waals surface area contributed by atoms with E-state index in [9.17, 15) is 19.4 Å². The van der Waals surface area contributed by atoms with Crippen molar-refractivity contribution in [3.8, 4) is 0 Å². The SMILES string of the molecule is C[C@@H]1CN(c2ccc(C(C)(C)O)cc2F)CCN1c1cccc(C(=O)N[C@H]2C3CC4CC2C[C@](O)(C4)C3)n1. The smallest absolute Gasteiger partial charge is 0.270 e. The van der Waals surface area contributed by atoms with Gasteiger partial charge in [-0.25, -0.2) is 9.37 Å². The number of piperazine rings is 1. The molecule has 2 aromatic rings. The molecule has 7 rings (SSSR count). The van der Waals surface area contributed by atoms with Gasteiger partial charge in [0.15, 0.2) is 0 Å². The molecular formula is C30H39FN4O3. The molecule has 204 valence electrons. The van der Waals surface area contributed by atoms with E-state index in [-0.39, 0.29) is 23.8 Å². The number of carbonyl (C=O) groups is 1. The highest BCUT2D eigenvalue weighted by molar-refractivity contribution is 5.93. The Balaban J connectivity index is 1.12. The van der Waals surface area contributed by atoms with Gasteiger partial charge in [-0.15, -0.1) is 0 Å². The lowest BCUT2D eigenvalue weighted by Crippen LogP contribution is -2.61. The lowest BCUT2D eigenvalue weighted by atomic mass is 9.52. The highest BCUT2D eigenvalue weighted by Crippen LogP contribution is 2.55. The predicted molar refractivity (Wildman–Crippen MR) is 145 cm³/mol. The van der Waals surface area contributed by atoms with Crippen LogP contribution < -0.4 is 15.1 Å². The molecule has 1 aromatic carbocycles. The molecule has 0 radical (unpaired) electrons. The number of rotatable bonds is 5. The second-order valence-electron chi connectivity index (χ2n) is 12.8. The van der Waals surface area contributed by atoms with Gasteiger partial charge in [0.2, 0.25) is 0 Å². The van der Waals surface area contributed by atoms with Gasteiger partial charge in [-0.05, 0) is 100 Å². The molecule has 7 nitrogen and oxygen atoms in total. The molecule has 2 heterocycles. The Hall–Kier alpha value is -2.71. The van der Waals surface area contributed by atoms with Crippen LogP contribution in [0.2, 0.25) is 0 Å². The number of hydrogen-bond donors (Lipinski definition) is 3. The minimum atomic E-state index is -1.09. The molecule has 1 aromatic heterocycles. The highest BCUT2D eigenvalue weighted by Gasteiger charge is 2.55. The minimum absolute atomic E-state index is 0.0630. The molecule has 3 N–H and O–H groups in total. The Kier molecular flexibility index (Phi) is 6.18. The largest absolute Gasteiger partial charge is 0.390 e. The maximum atomic E-state index is 14.9. The Bertz CT molecular complexity index is 1210. The number of pyridine rings is 1. The van der Waals surface area contributed by atoms with Crippen LogP contribution in [0.1, 0.15) is 68.9 Å². The fourth-order valence-corrected chi connectivity index (χ4v) is 7.81. The number of hydrogen-bond acceptors (Lipinski definition) is 6.